The van der Waals surface area contributed by atoms with Crippen molar-refractivity contribution in [3.8, 4) is 0 Å². The molecule has 0 atom stereocenters. The highest BCUT2D eigenvalue weighted by Crippen LogP contribution is 2.30. The molecule has 0 aliphatic carbocycles. The van der Waals surface area contributed by atoms with Crippen molar-refractivity contribution >= 4 is 39.9 Å². The SMILES string of the molecule is CCOCc1cc(N2CCN(C(=O)Nc3ccc(F)cc3)CC2)c2ccc(Cl)cc2n1. The number of ether oxygens (including phenoxy) is 1. The summed E-state index contributed by atoms with van der Waals surface area (Å²) in [7, 11) is 0. The minimum atomic E-state index is -0.332. The van der Waals surface area contributed by atoms with Crippen molar-refractivity contribution in [1.82, 2.24) is 9.88 Å². The summed E-state index contributed by atoms with van der Waals surface area (Å²) in [5.41, 5.74) is 3.32. The second kappa shape index (κ2) is 9.49. The molecule has 1 aliphatic heterocycles. The Bertz CT molecular complexity index is 1070. The number of halogens is 2. The molecule has 0 radical (unpaired) electrons. The van der Waals surface area contributed by atoms with Crippen molar-refractivity contribution in [3.05, 3.63) is 65.1 Å². The van der Waals surface area contributed by atoms with E-state index in [0.717, 1.165) is 22.3 Å². The van der Waals surface area contributed by atoms with Gasteiger partial charge in [-0.05, 0) is 55.5 Å². The van der Waals surface area contributed by atoms with Crippen molar-refractivity contribution < 1.29 is 13.9 Å². The molecular weight excluding hydrogens is 419 g/mol. The van der Waals surface area contributed by atoms with Gasteiger partial charge in [-0.2, -0.15) is 0 Å². The summed E-state index contributed by atoms with van der Waals surface area (Å²) in [6.45, 7) is 5.53. The van der Waals surface area contributed by atoms with E-state index in [1.165, 1.54) is 12.1 Å². The van der Waals surface area contributed by atoms with Crippen LogP contribution in [0.3, 0.4) is 0 Å². The van der Waals surface area contributed by atoms with E-state index in [-0.39, 0.29) is 11.8 Å². The second-order valence-electron chi connectivity index (χ2n) is 7.34. The molecule has 0 bridgehead atoms. The average Bonchev–Trinajstić information content (AvgIpc) is 2.78. The zero-order chi connectivity index (χ0) is 21.8. The van der Waals surface area contributed by atoms with Crippen LogP contribution in [-0.2, 0) is 11.3 Å². The number of piperazine rings is 1. The minimum Gasteiger partial charge on any atom is -0.375 e. The molecule has 1 N–H and O–H groups in total. The maximum Gasteiger partial charge on any atom is 0.321 e. The molecule has 1 fully saturated rings. The van der Waals surface area contributed by atoms with Crippen LogP contribution in [0.25, 0.3) is 10.9 Å². The summed E-state index contributed by atoms with van der Waals surface area (Å²) in [5.74, 6) is -0.332. The Hall–Kier alpha value is -2.90. The topological polar surface area (TPSA) is 57.7 Å². The van der Waals surface area contributed by atoms with E-state index in [9.17, 15) is 9.18 Å². The molecule has 1 aliphatic rings. The predicted octanol–water partition coefficient (Wildman–Crippen LogP) is 4.92. The van der Waals surface area contributed by atoms with Gasteiger partial charge in [-0.1, -0.05) is 11.6 Å². The molecule has 1 aromatic heterocycles. The molecular formula is C23H24ClFN4O2. The monoisotopic (exact) mass is 442 g/mol. The van der Waals surface area contributed by atoms with Gasteiger partial charge in [-0.15, -0.1) is 0 Å². The van der Waals surface area contributed by atoms with Crippen molar-refractivity contribution in [2.75, 3.05) is 43.0 Å². The molecule has 6 nitrogen and oxygen atoms in total. The van der Waals surface area contributed by atoms with Gasteiger partial charge in [0.1, 0.15) is 5.82 Å². The molecule has 31 heavy (non-hydrogen) atoms. The van der Waals surface area contributed by atoms with Crippen LogP contribution in [0.5, 0.6) is 0 Å². The summed E-state index contributed by atoms with van der Waals surface area (Å²) < 4.78 is 18.6. The van der Waals surface area contributed by atoms with Gasteiger partial charge in [0, 0.05) is 54.6 Å². The van der Waals surface area contributed by atoms with E-state index < -0.39 is 0 Å². The Kier molecular flexibility index (Phi) is 6.53. The van der Waals surface area contributed by atoms with Gasteiger partial charge in [0.05, 0.1) is 17.8 Å². The number of carbonyl (C=O) groups excluding carboxylic acids is 1. The lowest BCUT2D eigenvalue weighted by Gasteiger charge is -2.36. The third kappa shape index (κ3) is 5.06. The molecule has 2 aromatic carbocycles. The van der Waals surface area contributed by atoms with Gasteiger partial charge < -0.3 is 19.9 Å². The van der Waals surface area contributed by atoms with Gasteiger partial charge in [0.25, 0.3) is 0 Å². The Morgan fingerprint density at radius 2 is 1.87 bits per heavy atom. The Morgan fingerprint density at radius 1 is 1.13 bits per heavy atom. The number of pyridine rings is 1. The van der Waals surface area contributed by atoms with Crippen molar-refractivity contribution in [2.45, 2.75) is 13.5 Å². The number of carbonyl (C=O) groups is 1. The standard InChI is InChI=1S/C23H24ClFN4O2/c1-2-31-15-19-14-22(20-8-3-16(24)13-21(20)26-19)28-9-11-29(12-10-28)23(30)27-18-6-4-17(25)5-7-18/h3-8,13-14H,2,9-12,15H2,1H3,(H,27,30). The molecule has 1 saturated heterocycles. The van der Waals surface area contributed by atoms with Crippen molar-refractivity contribution in [1.29, 1.82) is 0 Å². The molecule has 162 valence electrons. The molecule has 3 aromatic rings. The fourth-order valence-corrected chi connectivity index (χ4v) is 3.83. The first kappa shape index (κ1) is 21.3. The molecule has 4 rings (SSSR count). The fourth-order valence-electron chi connectivity index (χ4n) is 3.66. The van der Waals surface area contributed by atoms with Crippen LogP contribution in [-0.4, -0.2) is 48.7 Å². The first-order valence-electron chi connectivity index (χ1n) is 10.3. The maximum atomic E-state index is 13.1. The van der Waals surface area contributed by atoms with Crippen LogP contribution in [0.4, 0.5) is 20.6 Å². The lowest BCUT2D eigenvalue weighted by Crippen LogP contribution is -2.50. The summed E-state index contributed by atoms with van der Waals surface area (Å²) >= 11 is 6.19. The fraction of sp³-hybridized carbons (Fsp3) is 0.304. The highest BCUT2D eigenvalue weighted by atomic mass is 35.5. The van der Waals surface area contributed by atoms with Crippen LogP contribution < -0.4 is 10.2 Å². The Morgan fingerprint density at radius 3 is 2.58 bits per heavy atom. The Labute approximate surface area is 185 Å². The van der Waals surface area contributed by atoms with Gasteiger partial charge in [-0.25, -0.2) is 9.18 Å². The van der Waals surface area contributed by atoms with Gasteiger partial charge in [-0.3, -0.25) is 4.98 Å². The van der Waals surface area contributed by atoms with Gasteiger partial charge >= 0.3 is 6.03 Å². The van der Waals surface area contributed by atoms with E-state index in [1.54, 1.807) is 17.0 Å². The molecule has 8 heteroatoms. The third-order valence-electron chi connectivity index (χ3n) is 5.26. The quantitative estimate of drug-likeness (QED) is 0.609. The first-order chi connectivity index (χ1) is 15.0. The van der Waals surface area contributed by atoms with E-state index >= 15 is 0 Å². The van der Waals surface area contributed by atoms with Crippen LogP contribution in [0.2, 0.25) is 5.02 Å². The number of hydrogen-bond donors (Lipinski definition) is 1. The predicted molar refractivity (Wildman–Crippen MR) is 121 cm³/mol. The zero-order valence-electron chi connectivity index (χ0n) is 17.3. The first-order valence-corrected chi connectivity index (χ1v) is 10.6. The van der Waals surface area contributed by atoms with E-state index in [2.05, 4.69) is 21.3 Å². The number of anilines is 2. The number of nitrogens with one attached hydrogen (secondary N) is 1. The molecule has 0 saturated carbocycles. The third-order valence-corrected chi connectivity index (χ3v) is 5.50. The largest absolute Gasteiger partial charge is 0.375 e. The molecule has 2 amide bonds. The van der Waals surface area contributed by atoms with Crippen LogP contribution >= 0.6 is 11.6 Å². The number of nitrogens with zero attached hydrogens (tertiary/aromatic N) is 3. The summed E-state index contributed by atoms with van der Waals surface area (Å²) in [4.78, 5) is 21.3. The Balaban J connectivity index is 1.48. The van der Waals surface area contributed by atoms with E-state index in [1.807, 2.05) is 25.1 Å². The summed E-state index contributed by atoms with van der Waals surface area (Å²) in [5, 5.41) is 4.48. The van der Waals surface area contributed by atoms with E-state index in [0.29, 0.717) is 50.1 Å². The van der Waals surface area contributed by atoms with Gasteiger partial charge in [0.2, 0.25) is 0 Å². The molecule has 0 unspecified atom stereocenters. The van der Waals surface area contributed by atoms with Gasteiger partial charge in [0.15, 0.2) is 0 Å². The number of hydrogen-bond acceptors (Lipinski definition) is 4. The second-order valence-corrected chi connectivity index (χ2v) is 7.78. The summed E-state index contributed by atoms with van der Waals surface area (Å²) in [6, 6.07) is 13.3. The van der Waals surface area contributed by atoms with E-state index in [4.69, 9.17) is 16.3 Å². The highest BCUT2D eigenvalue weighted by Gasteiger charge is 2.23. The molecule has 2 heterocycles. The van der Waals surface area contributed by atoms with Crippen LogP contribution in [0.15, 0.2) is 48.5 Å². The number of aromatic nitrogens is 1. The number of urea groups is 1. The lowest BCUT2D eigenvalue weighted by atomic mass is 10.1. The lowest BCUT2D eigenvalue weighted by molar-refractivity contribution is 0.131. The average molecular weight is 443 g/mol. The number of fused-ring (bicyclic) bond motifs is 1. The number of benzene rings is 2. The van der Waals surface area contributed by atoms with Crippen molar-refractivity contribution in [3.63, 3.8) is 0 Å². The van der Waals surface area contributed by atoms with Crippen LogP contribution in [0.1, 0.15) is 12.6 Å². The maximum absolute atomic E-state index is 13.1. The number of rotatable bonds is 5. The van der Waals surface area contributed by atoms with Crippen LogP contribution in [0, 0.1) is 5.82 Å². The smallest absolute Gasteiger partial charge is 0.321 e. The zero-order valence-corrected chi connectivity index (χ0v) is 18.0. The minimum absolute atomic E-state index is 0.185. The summed E-state index contributed by atoms with van der Waals surface area (Å²) in [6.07, 6.45) is 0. The van der Waals surface area contributed by atoms with Crippen molar-refractivity contribution in [2.24, 2.45) is 0 Å². The highest BCUT2D eigenvalue weighted by molar-refractivity contribution is 6.31. The molecule has 0 spiro atoms. The number of amides is 2. The normalized spacial score (nSPS) is 14.2.